The van der Waals surface area contributed by atoms with Crippen molar-refractivity contribution in [1.29, 1.82) is 0 Å². The highest BCUT2D eigenvalue weighted by atomic mass is 19.1. The predicted octanol–water partition coefficient (Wildman–Crippen LogP) is 5.24. The van der Waals surface area contributed by atoms with Crippen molar-refractivity contribution in [3.63, 3.8) is 0 Å². The molecule has 0 radical (unpaired) electrons. The molecule has 2 rings (SSSR count). The Bertz CT molecular complexity index is 543. The molecule has 0 saturated heterocycles. The van der Waals surface area contributed by atoms with E-state index in [1.165, 1.54) is 23.3 Å². The molecule has 21 heavy (non-hydrogen) atoms. The fourth-order valence-corrected chi connectivity index (χ4v) is 2.41. The molecule has 0 spiro atoms. The van der Waals surface area contributed by atoms with E-state index in [0.29, 0.717) is 11.8 Å². The Labute approximate surface area is 127 Å². The molecule has 1 atom stereocenters. The summed E-state index contributed by atoms with van der Waals surface area (Å²) in [7, 11) is 0. The highest BCUT2D eigenvalue weighted by Gasteiger charge is 2.06. The topological polar surface area (TPSA) is 12.0 Å². The van der Waals surface area contributed by atoms with E-state index in [4.69, 9.17) is 0 Å². The molecule has 1 unspecified atom stereocenters. The van der Waals surface area contributed by atoms with Gasteiger partial charge in [0.15, 0.2) is 0 Å². The molecular formula is C19H24FN. The second-order valence-electron chi connectivity index (χ2n) is 6.13. The summed E-state index contributed by atoms with van der Waals surface area (Å²) in [6.45, 7) is 7.52. The first-order valence-electron chi connectivity index (χ1n) is 7.63. The Morgan fingerprint density at radius 2 is 1.52 bits per heavy atom. The smallest absolute Gasteiger partial charge is 0.123 e. The lowest BCUT2D eigenvalue weighted by Crippen LogP contribution is -2.10. The van der Waals surface area contributed by atoms with Gasteiger partial charge in [-0.1, -0.05) is 45.0 Å². The second-order valence-corrected chi connectivity index (χ2v) is 6.13. The Morgan fingerprint density at radius 1 is 0.905 bits per heavy atom. The van der Waals surface area contributed by atoms with Crippen LogP contribution >= 0.6 is 0 Å². The van der Waals surface area contributed by atoms with Crippen molar-refractivity contribution in [2.75, 3.05) is 11.9 Å². The predicted molar refractivity (Wildman–Crippen MR) is 88.3 cm³/mol. The number of benzene rings is 2. The van der Waals surface area contributed by atoms with Crippen LogP contribution in [0.25, 0.3) is 0 Å². The number of hydrogen-bond acceptors (Lipinski definition) is 1. The third-order valence-corrected chi connectivity index (χ3v) is 3.65. The lowest BCUT2D eigenvalue weighted by atomic mass is 9.97. The first-order valence-corrected chi connectivity index (χ1v) is 7.63. The Hall–Kier alpha value is -1.83. The molecule has 0 fully saturated rings. The van der Waals surface area contributed by atoms with Gasteiger partial charge in [-0.05, 0) is 53.6 Å². The van der Waals surface area contributed by atoms with Crippen LogP contribution in [0.3, 0.4) is 0 Å². The normalized spacial score (nSPS) is 12.4. The van der Waals surface area contributed by atoms with Gasteiger partial charge in [-0.3, -0.25) is 0 Å². The molecule has 0 saturated carbocycles. The average molecular weight is 285 g/mol. The maximum Gasteiger partial charge on any atom is 0.123 e. The van der Waals surface area contributed by atoms with Gasteiger partial charge in [-0.2, -0.15) is 0 Å². The minimum atomic E-state index is -0.200. The molecule has 0 aliphatic rings. The Morgan fingerprint density at radius 3 is 2.10 bits per heavy atom. The monoisotopic (exact) mass is 285 g/mol. The number of anilines is 1. The van der Waals surface area contributed by atoms with Crippen LogP contribution in [0.15, 0.2) is 48.5 Å². The summed E-state index contributed by atoms with van der Waals surface area (Å²) >= 11 is 0. The molecule has 2 heteroatoms. The van der Waals surface area contributed by atoms with Crippen molar-refractivity contribution in [3.8, 4) is 0 Å². The molecule has 112 valence electrons. The summed E-state index contributed by atoms with van der Waals surface area (Å²) in [5.41, 5.74) is 3.68. The summed E-state index contributed by atoms with van der Waals surface area (Å²) < 4.78 is 12.9. The van der Waals surface area contributed by atoms with E-state index >= 15 is 0 Å². The third kappa shape index (κ3) is 4.89. The van der Waals surface area contributed by atoms with Crippen molar-refractivity contribution in [2.24, 2.45) is 5.92 Å². The molecule has 0 heterocycles. The van der Waals surface area contributed by atoms with Crippen LogP contribution in [0.2, 0.25) is 0 Å². The third-order valence-electron chi connectivity index (χ3n) is 3.65. The SMILES string of the molecule is CC(C)Cc1ccc(C(C)CNc2ccc(F)cc2)cc1. The van der Waals surface area contributed by atoms with Crippen LogP contribution in [0.1, 0.15) is 37.8 Å². The van der Waals surface area contributed by atoms with E-state index in [1.54, 1.807) is 12.1 Å². The Balaban J connectivity index is 1.90. The van der Waals surface area contributed by atoms with Gasteiger partial charge in [0.05, 0.1) is 0 Å². The highest BCUT2D eigenvalue weighted by molar-refractivity contribution is 5.43. The van der Waals surface area contributed by atoms with Crippen molar-refractivity contribution in [1.82, 2.24) is 0 Å². The van der Waals surface area contributed by atoms with Crippen LogP contribution in [0, 0.1) is 11.7 Å². The van der Waals surface area contributed by atoms with Crippen LogP contribution in [0.5, 0.6) is 0 Å². The lowest BCUT2D eigenvalue weighted by molar-refractivity contribution is 0.628. The van der Waals surface area contributed by atoms with Crippen molar-refractivity contribution >= 4 is 5.69 Å². The van der Waals surface area contributed by atoms with Crippen LogP contribution in [0.4, 0.5) is 10.1 Å². The maximum atomic E-state index is 12.9. The lowest BCUT2D eigenvalue weighted by Gasteiger charge is -2.15. The molecule has 0 aromatic heterocycles. The molecule has 2 aromatic rings. The van der Waals surface area contributed by atoms with E-state index in [0.717, 1.165) is 18.7 Å². The van der Waals surface area contributed by atoms with E-state index < -0.39 is 0 Å². The standard InChI is InChI=1S/C19H24FN/c1-14(2)12-16-4-6-17(7-5-16)15(3)13-21-19-10-8-18(20)9-11-19/h4-11,14-15,21H,12-13H2,1-3H3. The van der Waals surface area contributed by atoms with Gasteiger partial charge in [0, 0.05) is 12.2 Å². The summed E-state index contributed by atoms with van der Waals surface area (Å²) in [6.07, 6.45) is 1.13. The van der Waals surface area contributed by atoms with Crippen LogP contribution < -0.4 is 5.32 Å². The van der Waals surface area contributed by atoms with Gasteiger partial charge in [-0.15, -0.1) is 0 Å². The quantitative estimate of drug-likeness (QED) is 0.765. The van der Waals surface area contributed by atoms with Gasteiger partial charge >= 0.3 is 0 Å². The zero-order valence-electron chi connectivity index (χ0n) is 13.1. The van der Waals surface area contributed by atoms with Gasteiger partial charge in [0.25, 0.3) is 0 Å². The largest absolute Gasteiger partial charge is 0.384 e. The summed E-state index contributed by atoms with van der Waals surface area (Å²) in [5, 5.41) is 3.35. The fraction of sp³-hybridized carbons (Fsp3) is 0.368. The first-order chi connectivity index (χ1) is 10.0. The minimum Gasteiger partial charge on any atom is -0.384 e. The van der Waals surface area contributed by atoms with Crippen molar-refractivity contribution in [3.05, 3.63) is 65.5 Å². The van der Waals surface area contributed by atoms with E-state index in [9.17, 15) is 4.39 Å². The van der Waals surface area contributed by atoms with E-state index in [1.807, 2.05) is 0 Å². The molecule has 0 aliphatic carbocycles. The maximum absolute atomic E-state index is 12.9. The summed E-state index contributed by atoms with van der Waals surface area (Å²) in [5.74, 6) is 0.908. The van der Waals surface area contributed by atoms with Crippen molar-refractivity contribution < 1.29 is 4.39 Å². The molecule has 1 nitrogen and oxygen atoms in total. The zero-order chi connectivity index (χ0) is 15.2. The van der Waals surface area contributed by atoms with Crippen LogP contribution in [-0.4, -0.2) is 6.54 Å². The van der Waals surface area contributed by atoms with Crippen LogP contribution in [-0.2, 0) is 6.42 Å². The Kier molecular flexibility index (Phi) is 5.38. The van der Waals surface area contributed by atoms with E-state index in [-0.39, 0.29) is 5.82 Å². The number of rotatable bonds is 6. The fourth-order valence-electron chi connectivity index (χ4n) is 2.41. The first kappa shape index (κ1) is 15.6. The van der Waals surface area contributed by atoms with Gasteiger partial charge in [0.1, 0.15) is 5.82 Å². The van der Waals surface area contributed by atoms with Crippen molar-refractivity contribution in [2.45, 2.75) is 33.1 Å². The van der Waals surface area contributed by atoms with Gasteiger partial charge < -0.3 is 5.32 Å². The molecule has 1 N–H and O–H groups in total. The zero-order valence-corrected chi connectivity index (χ0v) is 13.1. The van der Waals surface area contributed by atoms with Gasteiger partial charge in [-0.25, -0.2) is 4.39 Å². The average Bonchev–Trinajstić information content (AvgIpc) is 2.46. The molecule has 0 bridgehead atoms. The number of nitrogens with one attached hydrogen (secondary N) is 1. The summed E-state index contributed by atoms with van der Waals surface area (Å²) in [6, 6.07) is 15.4. The molecule has 0 amide bonds. The minimum absolute atomic E-state index is 0.200. The second kappa shape index (κ2) is 7.26. The van der Waals surface area contributed by atoms with Gasteiger partial charge in [0.2, 0.25) is 0 Å². The van der Waals surface area contributed by atoms with E-state index in [2.05, 4.69) is 50.4 Å². The number of hydrogen-bond donors (Lipinski definition) is 1. The molecular weight excluding hydrogens is 261 g/mol. The molecule has 0 aliphatic heterocycles. The molecule has 2 aromatic carbocycles. The highest BCUT2D eigenvalue weighted by Crippen LogP contribution is 2.18. The summed E-state index contributed by atoms with van der Waals surface area (Å²) in [4.78, 5) is 0. The number of halogens is 1.